The third-order valence-electron chi connectivity index (χ3n) is 3.16. The molecule has 2 aromatic rings. The number of nitrogens with one attached hydrogen (secondary N) is 2. The van der Waals surface area contributed by atoms with Gasteiger partial charge in [0.05, 0.1) is 17.8 Å². The van der Waals surface area contributed by atoms with Crippen LogP contribution in [0.3, 0.4) is 0 Å². The van der Waals surface area contributed by atoms with E-state index < -0.39 is 0 Å². The Labute approximate surface area is 167 Å². The molecule has 0 radical (unpaired) electrons. The van der Waals surface area contributed by atoms with Crippen LogP contribution in [-0.2, 0) is 4.79 Å². The van der Waals surface area contributed by atoms with Gasteiger partial charge < -0.3 is 20.5 Å². The number of amides is 1. The lowest BCUT2D eigenvalue weighted by atomic mass is 10.2. The van der Waals surface area contributed by atoms with Crippen molar-refractivity contribution in [2.45, 2.75) is 6.92 Å². The van der Waals surface area contributed by atoms with Crippen LogP contribution in [0.4, 0.5) is 5.69 Å². The maximum absolute atomic E-state index is 12.0. The van der Waals surface area contributed by atoms with Crippen LogP contribution in [0.5, 0.6) is 11.5 Å². The Morgan fingerprint density at radius 1 is 1.26 bits per heavy atom. The van der Waals surface area contributed by atoms with Crippen molar-refractivity contribution in [1.82, 2.24) is 5.43 Å². The van der Waals surface area contributed by atoms with Crippen molar-refractivity contribution in [1.29, 1.82) is 0 Å². The molecule has 1 amide bonds. The smallest absolute Gasteiger partial charge is 0.262 e. The van der Waals surface area contributed by atoms with Crippen LogP contribution >= 0.6 is 23.8 Å². The number of anilines is 1. The Hall–Kier alpha value is -2.84. The van der Waals surface area contributed by atoms with Crippen LogP contribution in [-0.4, -0.2) is 30.4 Å². The molecule has 0 saturated heterocycles. The summed E-state index contributed by atoms with van der Waals surface area (Å²) in [5.74, 6) is 0.488. The molecule has 0 spiro atoms. The monoisotopic (exact) mass is 406 g/mol. The molecule has 0 aliphatic carbocycles. The average molecular weight is 407 g/mol. The summed E-state index contributed by atoms with van der Waals surface area (Å²) in [6.07, 6.45) is 1.45. The third kappa shape index (κ3) is 6.76. The zero-order valence-electron chi connectivity index (χ0n) is 14.6. The highest BCUT2D eigenvalue weighted by Gasteiger charge is 2.12. The van der Waals surface area contributed by atoms with Gasteiger partial charge in [0.1, 0.15) is 0 Å². The Balaban J connectivity index is 2.08. The Kier molecular flexibility index (Phi) is 7.84. The van der Waals surface area contributed by atoms with Gasteiger partial charge in [0.2, 0.25) is 0 Å². The van der Waals surface area contributed by atoms with Gasteiger partial charge in [0.15, 0.2) is 23.2 Å². The van der Waals surface area contributed by atoms with Gasteiger partial charge >= 0.3 is 0 Å². The summed E-state index contributed by atoms with van der Waals surface area (Å²) < 4.78 is 11.1. The van der Waals surface area contributed by atoms with Gasteiger partial charge in [0, 0.05) is 17.3 Å². The van der Waals surface area contributed by atoms with Crippen molar-refractivity contribution in [2.75, 3.05) is 18.5 Å². The summed E-state index contributed by atoms with van der Waals surface area (Å²) >= 11 is 10.9. The van der Waals surface area contributed by atoms with E-state index in [1.165, 1.54) is 6.21 Å². The SMILES string of the molecule is CCOc1cc(C=NNC(N)=S)c(Cl)cc1OCC(=O)Nc1ccccc1. The largest absolute Gasteiger partial charge is 0.490 e. The molecule has 0 heterocycles. The van der Waals surface area contributed by atoms with E-state index in [4.69, 9.17) is 26.8 Å². The van der Waals surface area contributed by atoms with Gasteiger partial charge in [-0.25, -0.2) is 0 Å². The number of benzene rings is 2. The van der Waals surface area contributed by atoms with E-state index >= 15 is 0 Å². The Morgan fingerprint density at radius 3 is 2.63 bits per heavy atom. The lowest BCUT2D eigenvalue weighted by Gasteiger charge is -2.13. The molecule has 0 aliphatic rings. The molecule has 9 heteroatoms. The minimum atomic E-state index is -0.300. The summed E-state index contributed by atoms with van der Waals surface area (Å²) in [7, 11) is 0. The predicted molar refractivity (Wildman–Crippen MR) is 111 cm³/mol. The maximum Gasteiger partial charge on any atom is 0.262 e. The van der Waals surface area contributed by atoms with E-state index in [2.05, 4.69) is 28.1 Å². The highest BCUT2D eigenvalue weighted by Crippen LogP contribution is 2.33. The van der Waals surface area contributed by atoms with Gasteiger partial charge in [-0.1, -0.05) is 29.8 Å². The van der Waals surface area contributed by atoms with Crippen LogP contribution in [0.15, 0.2) is 47.6 Å². The average Bonchev–Trinajstić information content (AvgIpc) is 2.63. The van der Waals surface area contributed by atoms with Crippen molar-refractivity contribution in [3.8, 4) is 11.5 Å². The zero-order valence-corrected chi connectivity index (χ0v) is 16.1. The number of thiocarbonyl (C=S) groups is 1. The molecule has 2 rings (SSSR count). The first-order valence-electron chi connectivity index (χ1n) is 8.02. The number of hydrogen-bond acceptors (Lipinski definition) is 5. The quantitative estimate of drug-likeness (QED) is 0.354. The number of rotatable bonds is 8. The van der Waals surface area contributed by atoms with Crippen LogP contribution in [0.25, 0.3) is 0 Å². The third-order valence-corrected chi connectivity index (χ3v) is 3.58. The minimum absolute atomic E-state index is 0.0387. The summed E-state index contributed by atoms with van der Waals surface area (Å²) in [5.41, 5.74) is 9.02. The van der Waals surface area contributed by atoms with E-state index in [1.54, 1.807) is 24.3 Å². The molecule has 4 N–H and O–H groups in total. The topological polar surface area (TPSA) is 98.0 Å². The number of nitrogens with two attached hydrogens (primary N) is 1. The molecular weight excluding hydrogens is 388 g/mol. The van der Waals surface area contributed by atoms with Crippen LogP contribution in [0.2, 0.25) is 5.02 Å². The molecule has 0 bridgehead atoms. The number of carbonyl (C=O) groups is 1. The van der Waals surface area contributed by atoms with Gasteiger partial charge in [-0.2, -0.15) is 5.10 Å². The van der Waals surface area contributed by atoms with E-state index in [-0.39, 0.29) is 17.6 Å². The first-order chi connectivity index (χ1) is 13.0. The van der Waals surface area contributed by atoms with E-state index in [0.717, 1.165) is 0 Å². The van der Waals surface area contributed by atoms with E-state index in [9.17, 15) is 4.79 Å². The van der Waals surface area contributed by atoms with Gasteiger partial charge in [-0.05, 0) is 37.3 Å². The van der Waals surface area contributed by atoms with Gasteiger partial charge in [0.25, 0.3) is 5.91 Å². The van der Waals surface area contributed by atoms with Crippen LogP contribution in [0, 0.1) is 0 Å². The standard InChI is InChI=1S/C18H19ClN4O3S/c1-2-25-15-8-12(10-21-23-18(20)27)14(19)9-16(15)26-11-17(24)22-13-6-4-3-5-7-13/h3-10H,2,11H2,1H3,(H,22,24)(H3,20,23,27). The van der Waals surface area contributed by atoms with E-state index in [0.29, 0.717) is 34.4 Å². The molecule has 7 nitrogen and oxygen atoms in total. The highest BCUT2D eigenvalue weighted by atomic mass is 35.5. The molecule has 142 valence electrons. The molecular formula is C18H19ClN4O3S. The first-order valence-corrected chi connectivity index (χ1v) is 8.80. The molecule has 0 aliphatic heterocycles. The van der Waals surface area contributed by atoms with Crippen molar-refractivity contribution in [2.24, 2.45) is 10.8 Å². The lowest BCUT2D eigenvalue weighted by Crippen LogP contribution is -2.24. The Morgan fingerprint density at radius 2 is 1.96 bits per heavy atom. The zero-order chi connectivity index (χ0) is 19.6. The summed E-state index contributed by atoms with van der Waals surface area (Å²) in [5, 5.41) is 7.01. The fraction of sp³-hybridized carbons (Fsp3) is 0.167. The molecule has 2 aromatic carbocycles. The second-order valence-corrected chi connectivity index (χ2v) is 6.04. The van der Waals surface area contributed by atoms with Crippen molar-refractivity contribution < 1.29 is 14.3 Å². The molecule has 0 unspecified atom stereocenters. The number of carbonyl (C=O) groups excluding carboxylic acids is 1. The fourth-order valence-corrected chi connectivity index (χ4v) is 2.31. The number of nitrogens with zero attached hydrogens (tertiary/aromatic N) is 1. The molecule has 27 heavy (non-hydrogen) atoms. The van der Waals surface area contributed by atoms with Crippen molar-refractivity contribution in [3.05, 3.63) is 53.1 Å². The molecule has 0 fully saturated rings. The normalized spacial score (nSPS) is 10.4. The lowest BCUT2D eigenvalue weighted by molar-refractivity contribution is -0.118. The summed E-state index contributed by atoms with van der Waals surface area (Å²) in [6.45, 7) is 2.06. The number of ether oxygens (including phenoxy) is 2. The van der Waals surface area contributed by atoms with Gasteiger partial charge in [-0.3, -0.25) is 10.2 Å². The van der Waals surface area contributed by atoms with E-state index in [1.807, 2.05) is 25.1 Å². The van der Waals surface area contributed by atoms with Crippen LogP contribution in [0.1, 0.15) is 12.5 Å². The highest BCUT2D eigenvalue weighted by molar-refractivity contribution is 7.80. The predicted octanol–water partition coefficient (Wildman–Crippen LogP) is 2.92. The minimum Gasteiger partial charge on any atom is -0.490 e. The molecule has 0 aromatic heterocycles. The fourth-order valence-electron chi connectivity index (χ4n) is 2.06. The van der Waals surface area contributed by atoms with Crippen molar-refractivity contribution >= 4 is 46.7 Å². The number of hydrogen-bond donors (Lipinski definition) is 3. The number of para-hydroxylation sites is 1. The first kappa shape index (κ1) is 20.5. The molecule has 0 saturated carbocycles. The van der Waals surface area contributed by atoms with Crippen molar-refractivity contribution in [3.63, 3.8) is 0 Å². The summed E-state index contributed by atoms with van der Waals surface area (Å²) in [4.78, 5) is 12.0. The maximum atomic E-state index is 12.0. The second kappa shape index (κ2) is 10.3. The van der Waals surface area contributed by atoms with Gasteiger partial charge in [-0.15, -0.1) is 0 Å². The Bertz CT molecular complexity index is 831. The molecule has 0 atom stereocenters. The number of hydrazone groups is 1. The summed E-state index contributed by atoms with van der Waals surface area (Å²) in [6, 6.07) is 12.3. The second-order valence-electron chi connectivity index (χ2n) is 5.19. The number of halogens is 1. The van der Waals surface area contributed by atoms with Crippen LogP contribution < -0.4 is 25.9 Å².